The molecule has 0 bridgehead atoms. The molecule has 33 heavy (non-hydrogen) atoms. The van der Waals surface area contributed by atoms with Gasteiger partial charge >= 0.3 is 5.97 Å². The van der Waals surface area contributed by atoms with Crippen LogP contribution in [0.5, 0.6) is 0 Å². The number of hydrogen-bond donors (Lipinski definition) is 1. The maximum atomic E-state index is 11.5. The number of hydrogen-bond acceptors (Lipinski definition) is 4. The van der Waals surface area contributed by atoms with Gasteiger partial charge in [-0.05, 0) is 36.0 Å². The molecule has 3 aromatic rings. The molecular weight excluding hydrogens is 412 g/mol. The summed E-state index contributed by atoms with van der Waals surface area (Å²) in [5.74, 6) is 1.71. The molecule has 0 spiro atoms. The molecule has 174 valence electrons. The van der Waals surface area contributed by atoms with E-state index in [2.05, 4.69) is 22.0 Å². The van der Waals surface area contributed by atoms with Gasteiger partial charge in [-0.2, -0.15) is 5.10 Å². The van der Waals surface area contributed by atoms with Crippen molar-refractivity contribution < 1.29 is 9.90 Å². The molecule has 1 saturated carbocycles. The molecule has 1 aliphatic rings. The highest BCUT2D eigenvalue weighted by Gasteiger charge is 2.16. The van der Waals surface area contributed by atoms with E-state index >= 15 is 0 Å². The monoisotopic (exact) mass is 446 g/mol. The first kappa shape index (κ1) is 23.1. The zero-order chi connectivity index (χ0) is 23.0. The van der Waals surface area contributed by atoms with Gasteiger partial charge in [-0.3, -0.25) is 4.98 Å². The van der Waals surface area contributed by atoms with Crippen LogP contribution in [0.25, 0.3) is 11.1 Å². The maximum Gasteiger partial charge on any atom is 0.336 e. The van der Waals surface area contributed by atoms with Gasteiger partial charge in [-0.15, -0.1) is 0 Å². The summed E-state index contributed by atoms with van der Waals surface area (Å²) < 4.78 is 1.93. The fourth-order valence-corrected chi connectivity index (χ4v) is 4.88. The van der Waals surface area contributed by atoms with Crippen molar-refractivity contribution in [1.29, 1.82) is 0 Å². The third-order valence-corrected chi connectivity index (χ3v) is 6.95. The molecule has 6 heteroatoms. The number of carbonyl (C=O) groups is 1. The van der Waals surface area contributed by atoms with E-state index in [4.69, 9.17) is 0 Å². The summed E-state index contributed by atoms with van der Waals surface area (Å²) in [6.07, 6.45) is 15.2. The number of nitrogens with zero attached hydrogens (tertiary/aromatic N) is 4. The minimum atomic E-state index is -0.935. The summed E-state index contributed by atoms with van der Waals surface area (Å²) in [6, 6.07) is 10.9. The van der Waals surface area contributed by atoms with E-state index < -0.39 is 5.97 Å². The van der Waals surface area contributed by atoms with Crippen molar-refractivity contribution in [2.75, 3.05) is 0 Å². The molecule has 0 radical (unpaired) electrons. The number of aromatic carboxylic acids is 1. The first-order valence-corrected chi connectivity index (χ1v) is 12.2. The van der Waals surface area contributed by atoms with E-state index in [9.17, 15) is 9.90 Å². The molecule has 0 amide bonds. The molecule has 1 fully saturated rings. The first-order valence-electron chi connectivity index (χ1n) is 12.2. The van der Waals surface area contributed by atoms with E-state index in [1.807, 2.05) is 28.9 Å². The lowest BCUT2D eigenvalue weighted by atomic mass is 9.84. The first-order chi connectivity index (χ1) is 16.1. The van der Waals surface area contributed by atoms with Crippen LogP contribution in [-0.4, -0.2) is 30.8 Å². The van der Waals surface area contributed by atoms with Crippen molar-refractivity contribution in [1.82, 2.24) is 19.7 Å². The molecule has 2 heterocycles. The van der Waals surface area contributed by atoms with Crippen molar-refractivity contribution in [3.63, 3.8) is 0 Å². The third kappa shape index (κ3) is 6.28. The highest BCUT2D eigenvalue weighted by Crippen LogP contribution is 2.29. The van der Waals surface area contributed by atoms with Crippen LogP contribution in [0.4, 0.5) is 0 Å². The smallest absolute Gasteiger partial charge is 0.336 e. The van der Waals surface area contributed by atoms with Gasteiger partial charge in [0.05, 0.1) is 17.8 Å². The second-order valence-electron chi connectivity index (χ2n) is 9.45. The largest absolute Gasteiger partial charge is 0.478 e. The number of rotatable bonds is 10. The van der Waals surface area contributed by atoms with Crippen molar-refractivity contribution in [3.8, 4) is 11.1 Å². The van der Waals surface area contributed by atoms with Crippen molar-refractivity contribution in [3.05, 3.63) is 66.0 Å². The number of carboxylic acids is 1. The quantitative estimate of drug-likeness (QED) is 0.412. The summed E-state index contributed by atoms with van der Waals surface area (Å²) in [6.45, 7) is 2.92. The Hall–Kier alpha value is -3.02. The molecule has 4 rings (SSSR count). The normalized spacial score (nSPS) is 15.4. The van der Waals surface area contributed by atoms with Gasteiger partial charge in [0, 0.05) is 18.2 Å². The fraction of sp³-hybridized carbons (Fsp3) is 0.481. The molecule has 1 aromatic carbocycles. The highest BCUT2D eigenvalue weighted by atomic mass is 16.4. The van der Waals surface area contributed by atoms with Gasteiger partial charge in [0.25, 0.3) is 0 Å². The fourth-order valence-electron chi connectivity index (χ4n) is 4.88. The van der Waals surface area contributed by atoms with Gasteiger partial charge in [-0.1, -0.05) is 76.1 Å². The Balaban J connectivity index is 1.32. The maximum absolute atomic E-state index is 11.5. The van der Waals surface area contributed by atoms with E-state index in [0.717, 1.165) is 35.8 Å². The lowest BCUT2D eigenvalue weighted by Gasteiger charge is -2.22. The molecule has 1 N–H and O–H groups in total. The zero-order valence-corrected chi connectivity index (χ0v) is 19.5. The Morgan fingerprint density at radius 1 is 1.09 bits per heavy atom. The summed E-state index contributed by atoms with van der Waals surface area (Å²) in [5, 5.41) is 13.8. The van der Waals surface area contributed by atoms with Crippen LogP contribution in [0, 0.1) is 11.8 Å². The summed E-state index contributed by atoms with van der Waals surface area (Å²) >= 11 is 0. The molecule has 1 unspecified atom stereocenters. The van der Waals surface area contributed by atoms with Gasteiger partial charge in [0.2, 0.25) is 0 Å². The minimum absolute atomic E-state index is 0.281. The van der Waals surface area contributed by atoms with Crippen LogP contribution in [0.15, 0.2) is 48.9 Å². The van der Waals surface area contributed by atoms with Crippen LogP contribution in [0.3, 0.4) is 0 Å². The van der Waals surface area contributed by atoms with Gasteiger partial charge < -0.3 is 5.11 Å². The number of aryl methyl sites for hydroxylation is 1. The second kappa shape index (κ2) is 11.2. The average molecular weight is 447 g/mol. The standard InChI is InChI=1S/C27H34N4O2/c1-20(11-13-21-7-3-2-4-8-21)12-16-26-29-19-30-31(26)18-23-15-14-22(17-28-23)24-9-5-6-10-25(24)27(32)33/h5-6,9-10,14-15,17,19-21H,2-4,7-8,11-13,16,18H2,1H3,(H,32,33). The van der Waals surface area contributed by atoms with Crippen LogP contribution in [-0.2, 0) is 13.0 Å². The van der Waals surface area contributed by atoms with E-state index in [0.29, 0.717) is 18.0 Å². The van der Waals surface area contributed by atoms with Crippen LogP contribution < -0.4 is 0 Å². The van der Waals surface area contributed by atoms with E-state index in [1.165, 1.54) is 44.9 Å². The second-order valence-corrected chi connectivity index (χ2v) is 9.45. The number of benzene rings is 1. The number of aromatic nitrogens is 4. The molecule has 0 saturated heterocycles. The predicted octanol–water partition coefficient (Wildman–Crippen LogP) is 6.02. The Kier molecular flexibility index (Phi) is 7.87. The molecule has 1 atom stereocenters. The SMILES string of the molecule is CC(CCc1ncnn1Cc1ccc(-c2ccccc2C(=O)O)cn1)CCC1CCCCC1. The topological polar surface area (TPSA) is 80.9 Å². The van der Waals surface area contributed by atoms with Crippen molar-refractivity contribution in [2.24, 2.45) is 11.8 Å². The summed E-state index contributed by atoms with van der Waals surface area (Å²) in [4.78, 5) is 20.6. The third-order valence-electron chi connectivity index (χ3n) is 6.95. The van der Waals surface area contributed by atoms with Gasteiger partial charge in [0.1, 0.15) is 12.2 Å². The molecular formula is C27H34N4O2. The molecule has 6 nitrogen and oxygen atoms in total. The summed E-state index contributed by atoms with van der Waals surface area (Å²) in [7, 11) is 0. The van der Waals surface area contributed by atoms with Crippen molar-refractivity contribution in [2.45, 2.75) is 71.3 Å². The minimum Gasteiger partial charge on any atom is -0.478 e. The van der Waals surface area contributed by atoms with Gasteiger partial charge in [-0.25, -0.2) is 14.5 Å². The Labute approximate surface area is 196 Å². The zero-order valence-electron chi connectivity index (χ0n) is 19.5. The van der Waals surface area contributed by atoms with Crippen LogP contribution >= 0.6 is 0 Å². The lowest BCUT2D eigenvalue weighted by Crippen LogP contribution is -2.11. The molecule has 2 aromatic heterocycles. The predicted molar refractivity (Wildman–Crippen MR) is 129 cm³/mol. The Morgan fingerprint density at radius 2 is 1.91 bits per heavy atom. The van der Waals surface area contributed by atoms with Gasteiger partial charge in [0.15, 0.2) is 0 Å². The van der Waals surface area contributed by atoms with E-state index in [1.54, 1.807) is 24.7 Å². The Bertz CT molecular complexity index is 1040. The number of pyridine rings is 1. The van der Waals surface area contributed by atoms with E-state index in [-0.39, 0.29) is 5.56 Å². The number of carboxylic acid groups (broad SMARTS) is 1. The highest BCUT2D eigenvalue weighted by molar-refractivity contribution is 5.95. The van der Waals surface area contributed by atoms with Crippen LogP contribution in [0.1, 0.15) is 80.2 Å². The average Bonchev–Trinajstić information content (AvgIpc) is 3.29. The van der Waals surface area contributed by atoms with Crippen molar-refractivity contribution >= 4 is 5.97 Å². The Morgan fingerprint density at radius 3 is 2.67 bits per heavy atom. The van der Waals surface area contributed by atoms with Crippen LogP contribution in [0.2, 0.25) is 0 Å². The molecule has 0 aliphatic heterocycles. The summed E-state index contributed by atoms with van der Waals surface area (Å²) in [5.41, 5.74) is 2.63. The lowest BCUT2D eigenvalue weighted by molar-refractivity contribution is 0.0697. The molecule has 1 aliphatic carbocycles.